The highest BCUT2D eigenvalue weighted by atomic mass is 32.2. The minimum Gasteiger partial charge on any atom is -0.313 e. The fraction of sp³-hybridized carbons (Fsp3) is 0.500. The Labute approximate surface area is 108 Å². The smallest absolute Gasteiger partial charge is 0.313 e. The highest BCUT2D eigenvalue weighted by Gasteiger charge is 2.27. The summed E-state index contributed by atoms with van der Waals surface area (Å²) >= 11 is -0.0382. The lowest BCUT2D eigenvalue weighted by atomic mass is 10.1. The Morgan fingerprint density at radius 3 is 2.67 bits per heavy atom. The third-order valence-corrected chi connectivity index (χ3v) is 3.03. The van der Waals surface area contributed by atoms with Gasteiger partial charge >= 0.3 is 5.51 Å². The van der Waals surface area contributed by atoms with Gasteiger partial charge in [0, 0.05) is 18.3 Å². The Morgan fingerprint density at radius 2 is 2.06 bits per heavy atom. The Kier molecular flexibility index (Phi) is 5.95. The van der Waals surface area contributed by atoms with Crippen LogP contribution in [-0.2, 0) is 6.42 Å². The van der Waals surface area contributed by atoms with Crippen molar-refractivity contribution in [3.63, 3.8) is 0 Å². The topological polar surface area (TPSA) is 12.0 Å². The summed E-state index contributed by atoms with van der Waals surface area (Å²) in [4.78, 5) is 0. The van der Waals surface area contributed by atoms with Crippen LogP contribution in [0.2, 0.25) is 0 Å². The van der Waals surface area contributed by atoms with E-state index in [1.165, 1.54) is 12.1 Å². The molecule has 0 aromatic heterocycles. The number of hydrogen-bond donors (Lipinski definition) is 1. The normalized spacial score (nSPS) is 13.6. The van der Waals surface area contributed by atoms with Crippen LogP contribution in [0.5, 0.6) is 0 Å². The first-order valence-corrected chi connectivity index (χ1v) is 6.54. The number of halogens is 4. The monoisotopic (exact) mass is 281 g/mol. The second-order valence-electron chi connectivity index (χ2n) is 3.98. The van der Waals surface area contributed by atoms with Crippen LogP contribution in [0, 0.1) is 5.82 Å². The lowest BCUT2D eigenvalue weighted by Gasteiger charge is -2.14. The molecule has 0 bridgehead atoms. The van der Waals surface area contributed by atoms with E-state index in [1.807, 2.05) is 6.92 Å². The van der Waals surface area contributed by atoms with E-state index in [1.54, 1.807) is 12.1 Å². The van der Waals surface area contributed by atoms with Crippen molar-refractivity contribution in [3.05, 3.63) is 35.6 Å². The van der Waals surface area contributed by atoms with Gasteiger partial charge in [0.1, 0.15) is 5.82 Å². The molecule has 0 saturated carbocycles. The van der Waals surface area contributed by atoms with Crippen LogP contribution >= 0.6 is 11.8 Å². The third kappa shape index (κ3) is 6.86. The van der Waals surface area contributed by atoms with E-state index in [0.717, 1.165) is 5.56 Å². The first-order valence-electron chi connectivity index (χ1n) is 5.55. The fourth-order valence-electron chi connectivity index (χ4n) is 1.56. The van der Waals surface area contributed by atoms with Crippen LogP contribution in [0.25, 0.3) is 0 Å². The van der Waals surface area contributed by atoms with E-state index in [4.69, 9.17) is 0 Å². The van der Waals surface area contributed by atoms with Gasteiger partial charge in [0.05, 0.1) is 0 Å². The molecule has 0 heterocycles. The maximum absolute atomic E-state index is 12.9. The molecule has 0 saturated heterocycles. The summed E-state index contributed by atoms with van der Waals surface area (Å²) in [5.74, 6) is -0.316. The molecule has 1 atom stereocenters. The van der Waals surface area contributed by atoms with Gasteiger partial charge in [-0.2, -0.15) is 13.2 Å². The van der Waals surface area contributed by atoms with Crippen LogP contribution in [-0.4, -0.2) is 23.8 Å². The summed E-state index contributed by atoms with van der Waals surface area (Å²) < 4.78 is 48.5. The van der Waals surface area contributed by atoms with Crippen LogP contribution in [0.1, 0.15) is 12.5 Å². The number of benzene rings is 1. The average molecular weight is 281 g/mol. The Hall–Kier alpha value is -0.750. The van der Waals surface area contributed by atoms with Gasteiger partial charge in [-0.05, 0) is 42.8 Å². The molecule has 6 heteroatoms. The van der Waals surface area contributed by atoms with E-state index in [0.29, 0.717) is 6.42 Å². The summed E-state index contributed by atoms with van der Waals surface area (Å²) in [6.45, 7) is 2.14. The molecule has 1 nitrogen and oxygen atoms in total. The zero-order valence-corrected chi connectivity index (χ0v) is 10.7. The van der Waals surface area contributed by atoms with Crippen molar-refractivity contribution in [1.82, 2.24) is 5.32 Å². The molecule has 1 aromatic carbocycles. The van der Waals surface area contributed by atoms with Crippen molar-refractivity contribution in [2.75, 3.05) is 12.3 Å². The van der Waals surface area contributed by atoms with Gasteiger partial charge in [0.15, 0.2) is 0 Å². The largest absolute Gasteiger partial charge is 0.441 e. The molecule has 0 aliphatic heterocycles. The first-order chi connectivity index (χ1) is 8.37. The van der Waals surface area contributed by atoms with E-state index in [9.17, 15) is 17.6 Å². The van der Waals surface area contributed by atoms with E-state index < -0.39 is 5.51 Å². The van der Waals surface area contributed by atoms with E-state index in [2.05, 4.69) is 5.32 Å². The van der Waals surface area contributed by atoms with Gasteiger partial charge in [-0.25, -0.2) is 4.39 Å². The third-order valence-electron chi connectivity index (χ3n) is 2.29. The number of alkyl halides is 3. The predicted octanol–water partition coefficient (Wildman–Crippen LogP) is 3.60. The van der Waals surface area contributed by atoms with Crippen molar-refractivity contribution in [1.29, 1.82) is 0 Å². The van der Waals surface area contributed by atoms with Gasteiger partial charge in [0.25, 0.3) is 0 Å². The summed E-state index contributed by atoms with van der Waals surface area (Å²) in [5.41, 5.74) is -3.34. The zero-order chi connectivity index (χ0) is 13.6. The van der Waals surface area contributed by atoms with Crippen molar-refractivity contribution < 1.29 is 17.6 Å². The average Bonchev–Trinajstić information content (AvgIpc) is 2.23. The van der Waals surface area contributed by atoms with Crippen molar-refractivity contribution in [3.8, 4) is 0 Å². The molecule has 0 spiro atoms. The molecule has 1 rings (SSSR count). The van der Waals surface area contributed by atoms with Crippen molar-refractivity contribution >= 4 is 11.8 Å². The second-order valence-corrected chi connectivity index (χ2v) is 5.14. The Bertz CT molecular complexity index is 367. The lowest BCUT2D eigenvalue weighted by Crippen LogP contribution is -2.30. The molecule has 0 radical (unpaired) electrons. The molecule has 1 aromatic rings. The van der Waals surface area contributed by atoms with Gasteiger partial charge < -0.3 is 5.32 Å². The van der Waals surface area contributed by atoms with E-state index >= 15 is 0 Å². The summed E-state index contributed by atoms with van der Waals surface area (Å²) in [7, 11) is 0. The molecule has 0 aliphatic carbocycles. The molecule has 0 fully saturated rings. The minimum absolute atomic E-state index is 0.0145. The quantitative estimate of drug-likeness (QED) is 0.631. The van der Waals surface area contributed by atoms with Crippen molar-refractivity contribution in [2.24, 2.45) is 0 Å². The molecular formula is C12H15F4NS. The van der Waals surface area contributed by atoms with Crippen LogP contribution in [0.3, 0.4) is 0 Å². The summed E-state index contributed by atoms with van der Waals surface area (Å²) in [5, 5.41) is 2.98. The zero-order valence-electron chi connectivity index (χ0n) is 9.93. The highest BCUT2D eigenvalue weighted by molar-refractivity contribution is 8.00. The van der Waals surface area contributed by atoms with Crippen LogP contribution < -0.4 is 5.32 Å². The van der Waals surface area contributed by atoms with E-state index in [-0.39, 0.29) is 35.9 Å². The second kappa shape index (κ2) is 6.99. The molecule has 102 valence electrons. The molecule has 1 N–H and O–H groups in total. The van der Waals surface area contributed by atoms with Crippen LogP contribution in [0.15, 0.2) is 24.3 Å². The highest BCUT2D eigenvalue weighted by Crippen LogP contribution is 2.29. The Balaban J connectivity index is 2.24. The van der Waals surface area contributed by atoms with Gasteiger partial charge in [0.2, 0.25) is 0 Å². The maximum atomic E-state index is 12.9. The van der Waals surface area contributed by atoms with Gasteiger partial charge in [-0.15, -0.1) is 0 Å². The Morgan fingerprint density at radius 1 is 1.33 bits per heavy atom. The van der Waals surface area contributed by atoms with Crippen LogP contribution in [0.4, 0.5) is 17.6 Å². The summed E-state index contributed by atoms with van der Waals surface area (Å²) in [6.07, 6.45) is 0.592. The maximum Gasteiger partial charge on any atom is 0.441 e. The standard InChI is InChI=1S/C12H15F4NS/c1-9(17-5-6-18-12(14,15)16)7-10-3-2-4-11(13)8-10/h2-4,8-9,17H,5-7H2,1H3. The molecule has 18 heavy (non-hydrogen) atoms. The molecule has 0 amide bonds. The number of thioether (sulfide) groups is 1. The van der Waals surface area contributed by atoms with Gasteiger partial charge in [-0.1, -0.05) is 12.1 Å². The number of rotatable bonds is 6. The molecular weight excluding hydrogens is 266 g/mol. The fourth-order valence-corrected chi connectivity index (χ4v) is 2.01. The van der Waals surface area contributed by atoms with Crippen molar-refractivity contribution in [2.45, 2.75) is 24.9 Å². The number of hydrogen-bond acceptors (Lipinski definition) is 2. The SMILES string of the molecule is CC(Cc1cccc(F)c1)NCCSC(F)(F)F. The lowest BCUT2D eigenvalue weighted by molar-refractivity contribution is -0.0327. The molecule has 0 aliphatic rings. The first kappa shape index (κ1) is 15.3. The summed E-state index contributed by atoms with van der Waals surface area (Å²) in [6, 6.07) is 6.23. The predicted molar refractivity (Wildman–Crippen MR) is 66.1 cm³/mol. The minimum atomic E-state index is -4.17. The number of nitrogens with one attached hydrogen (secondary N) is 1. The molecule has 1 unspecified atom stereocenters. The van der Waals surface area contributed by atoms with Gasteiger partial charge in [-0.3, -0.25) is 0 Å².